The lowest BCUT2D eigenvalue weighted by molar-refractivity contribution is -0.137. The fourth-order valence-electron chi connectivity index (χ4n) is 4.31. The zero-order valence-electron chi connectivity index (χ0n) is 18.3. The van der Waals surface area contributed by atoms with Crippen molar-refractivity contribution in [2.45, 2.75) is 25.1 Å². The van der Waals surface area contributed by atoms with Gasteiger partial charge in [0.2, 0.25) is 5.95 Å². The smallest absolute Gasteiger partial charge is 0.356 e. The van der Waals surface area contributed by atoms with Crippen molar-refractivity contribution in [2.24, 2.45) is 0 Å². The standard InChI is InChI=1S/C23H22F3N7O/c1-32(15-3-2-7-28-11-15)22-30-13-18(23(24,25)26)19(31-22)17-12-29-20-16(17)6-10-33(21(20)34)14-4-8-27-9-5-14/h4-6,8-10,12-13,15,28-29H,2-3,7,11H2,1H3/t15-/m0/s1. The predicted molar refractivity (Wildman–Crippen MR) is 122 cm³/mol. The molecule has 34 heavy (non-hydrogen) atoms. The summed E-state index contributed by atoms with van der Waals surface area (Å²) in [5.74, 6) is 0.205. The Balaban J connectivity index is 1.64. The third kappa shape index (κ3) is 3.92. The maximum atomic E-state index is 13.9. The molecule has 4 aromatic rings. The molecule has 1 atom stereocenters. The average molecular weight is 469 g/mol. The van der Waals surface area contributed by atoms with E-state index in [0.717, 1.165) is 25.6 Å². The Morgan fingerprint density at radius 3 is 2.71 bits per heavy atom. The van der Waals surface area contributed by atoms with E-state index < -0.39 is 11.7 Å². The number of pyridine rings is 2. The van der Waals surface area contributed by atoms with Gasteiger partial charge in [0, 0.05) is 61.6 Å². The van der Waals surface area contributed by atoms with E-state index >= 15 is 0 Å². The highest BCUT2D eigenvalue weighted by Gasteiger charge is 2.36. The number of aromatic nitrogens is 5. The summed E-state index contributed by atoms with van der Waals surface area (Å²) in [5, 5.41) is 3.64. The molecule has 0 amide bonds. The first-order valence-corrected chi connectivity index (χ1v) is 10.9. The van der Waals surface area contributed by atoms with Crippen LogP contribution in [0.3, 0.4) is 0 Å². The fourth-order valence-corrected chi connectivity index (χ4v) is 4.31. The largest absolute Gasteiger partial charge is 0.419 e. The van der Waals surface area contributed by atoms with Crippen molar-refractivity contribution in [3.63, 3.8) is 0 Å². The first kappa shape index (κ1) is 22.1. The number of anilines is 1. The molecule has 2 N–H and O–H groups in total. The van der Waals surface area contributed by atoms with Crippen molar-refractivity contribution < 1.29 is 13.2 Å². The monoisotopic (exact) mass is 469 g/mol. The molecule has 0 bridgehead atoms. The van der Waals surface area contributed by atoms with Gasteiger partial charge in [-0.25, -0.2) is 9.97 Å². The number of alkyl halides is 3. The summed E-state index contributed by atoms with van der Waals surface area (Å²) in [5.41, 5.74) is -0.622. The van der Waals surface area contributed by atoms with Crippen LogP contribution in [0.25, 0.3) is 27.8 Å². The molecule has 8 nitrogen and oxygen atoms in total. The molecular formula is C23H22F3N7O. The third-order valence-electron chi connectivity index (χ3n) is 6.15. The second kappa shape index (κ2) is 8.56. The third-order valence-corrected chi connectivity index (χ3v) is 6.15. The van der Waals surface area contributed by atoms with E-state index in [1.165, 1.54) is 17.0 Å². The van der Waals surface area contributed by atoms with Crippen molar-refractivity contribution in [1.82, 2.24) is 29.8 Å². The van der Waals surface area contributed by atoms with Crippen molar-refractivity contribution in [2.75, 3.05) is 25.0 Å². The zero-order valence-corrected chi connectivity index (χ0v) is 18.3. The molecule has 1 aliphatic heterocycles. The number of fused-ring (bicyclic) bond motifs is 1. The maximum Gasteiger partial charge on any atom is 0.419 e. The van der Waals surface area contributed by atoms with Gasteiger partial charge in [0.25, 0.3) is 5.56 Å². The molecule has 0 spiro atoms. The number of halogens is 3. The zero-order chi connectivity index (χ0) is 23.9. The Morgan fingerprint density at radius 2 is 2.00 bits per heavy atom. The van der Waals surface area contributed by atoms with E-state index in [9.17, 15) is 18.0 Å². The minimum Gasteiger partial charge on any atom is -0.356 e. The van der Waals surface area contributed by atoms with Crippen molar-refractivity contribution in [3.8, 4) is 16.9 Å². The van der Waals surface area contributed by atoms with E-state index in [2.05, 4.69) is 25.3 Å². The van der Waals surface area contributed by atoms with Crippen molar-refractivity contribution in [3.05, 3.63) is 65.1 Å². The number of hydrogen-bond acceptors (Lipinski definition) is 6. The minimum atomic E-state index is -4.66. The SMILES string of the molecule is CN(c1ncc(C(F)(F)F)c(-c2c[nH]c3c(=O)n(-c4ccncc4)ccc23)n1)[C@H]1CCCNC1. The van der Waals surface area contributed by atoms with Gasteiger partial charge in [0.1, 0.15) is 11.1 Å². The molecule has 1 aliphatic rings. The molecule has 0 radical (unpaired) electrons. The summed E-state index contributed by atoms with van der Waals surface area (Å²) in [7, 11) is 1.78. The molecule has 0 saturated carbocycles. The quantitative estimate of drug-likeness (QED) is 0.476. The van der Waals surface area contributed by atoms with Crippen LogP contribution >= 0.6 is 0 Å². The predicted octanol–water partition coefficient (Wildman–Crippen LogP) is 3.38. The first-order chi connectivity index (χ1) is 16.3. The first-order valence-electron chi connectivity index (χ1n) is 10.9. The number of aromatic amines is 1. The molecule has 1 saturated heterocycles. The van der Waals surface area contributed by atoms with Gasteiger partial charge in [-0.3, -0.25) is 14.3 Å². The number of H-pyrrole nitrogens is 1. The summed E-state index contributed by atoms with van der Waals surface area (Å²) >= 11 is 0. The van der Waals surface area contributed by atoms with E-state index in [1.807, 2.05) is 0 Å². The molecule has 5 heterocycles. The number of nitrogens with one attached hydrogen (secondary N) is 2. The molecule has 5 rings (SSSR count). The van der Waals surface area contributed by atoms with Gasteiger partial charge in [-0.2, -0.15) is 13.2 Å². The van der Waals surface area contributed by atoms with Gasteiger partial charge in [0.05, 0.1) is 11.4 Å². The van der Waals surface area contributed by atoms with Crippen LogP contribution < -0.4 is 15.8 Å². The number of rotatable bonds is 4. The maximum absolute atomic E-state index is 13.9. The summed E-state index contributed by atoms with van der Waals surface area (Å²) in [6.07, 6.45) is 4.07. The second-order valence-electron chi connectivity index (χ2n) is 8.23. The van der Waals surface area contributed by atoms with Gasteiger partial charge < -0.3 is 15.2 Å². The summed E-state index contributed by atoms with van der Waals surface area (Å²) in [4.78, 5) is 30.1. The molecule has 0 unspecified atom stereocenters. The average Bonchev–Trinajstić information content (AvgIpc) is 3.29. The van der Waals surface area contributed by atoms with Crippen LogP contribution in [-0.4, -0.2) is 50.7 Å². The number of piperidine rings is 1. The van der Waals surface area contributed by atoms with Crippen molar-refractivity contribution >= 4 is 16.9 Å². The molecular weight excluding hydrogens is 447 g/mol. The number of nitrogens with zero attached hydrogens (tertiary/aromatic N) is 5. The topological polar surface area (TPSA) is 91.7 Å². The Hall–Kier alpha value is -3.73. The van der Waals surface area contributed by atoms with E-state index in [0.29, 0.717) is 17.6 Å². The van der Waals surface area contributed by atoms with Crippen LogP contribution in [-0.2, 0) is 6.18 Å². The van der Waals surface area contributed by atoms with Gasteiger partial charge in [0.15, 0.2) is 0 Å². The summed E-state index contributed by atoms with van der Waals surface area (Å²) in [6.45, 7) is 1.62. The minimum absolute atomic E-state index is 0.0777. The van der Waals surface area contributed by atoms with E-state index in [1.54, 1.807) is 42.5 Å². The Bertz CT molecular complexity index is 1380. The van der Waals surface area contributed by atoms with Crippen molar-refractivity contribution in [1.29, 1.82) is 0 Å². The molecule has 4 aromatic heterocycles. The Labute approximate surface area is 192 Å². The lowest BCUT2D eigenvalue weighted by Gasteiger charge is -2.32. The molecule has 11 heteroatoms. The lowest BCUT2D eigenvalue weighted by atomic mass is 10.1. The highest BCUT2D eigenvalue weighted by molar-refractivity contribution is 5.95. The molecule has 0 aliphatic carbocycles. The van der Waals surface area contributed by atoms with Crippen LogP contribution in [0.2, 0.25) is 0 Å². The van der Waals surface area contributed by atoms with Gasteiger partial charge in [-0.15, -0.1) is 0 Å². The second-order valence-corrected chi connectivity index (χ2v) is 8.23. The van der Waals surface area contributed by atoms with E-state index in [4.69, 9.17) is 0 Å². The highest BCUT2D eigenvalue weighted by atomic mass is 19.4. The van der Waals surface area contributed by atoms with E-state index in [-0.39, 0.29) is 34.3 Å². The van der Waals surface area contributed by atoms with Gasteiger partial charge in [-0.1, -0.05) is 0 Å². The Kier molecular flexibility index (Phi) is 5.56. The van der Waals surface area contributed by atoms with Crippen LogP contribution in [0.5, 0.6) is 0 Å². The fraction of sp³-hybridized carbons (Fsp3) is 0.304. The van der Waals surface area contributed by atoms with Crippen LogP contribution in [0.1, 0.15) is 18.4 Å². The van der Waals surface area contributed by atoms with Gasteiger partial charge in [-0.05, 0) is 37.6 Å². The number of likely N-dealkylation sites (N-methyl/N-ethyl adjacent to an activating group) is 1. The highest BCUT2D eigenvalue weighted by Crippen LogP contribution is 2.38. The summed E-state index contributed by atoms with van der Waals surface area (Å²) in [6, 6.07) is 5.03. The van der Waals surface area contributed by atoms with Gasteiger partial charge >= 0.3 is 6.18 Å². The molecule has 1 fully saturated rings. The number of hydrogen-bond donors (Lipinski definition) is 2. The van der Waals surface area contributed by atoms with Crippen LogP contribution in [0, 0.1) is 0 Å². The lowest BCUT2D eigenvalue weighted by Crippen LogP contribution is -2.45. The van der Waals surface area contributed by atoms with Crippen LogP contribution in [0.4, 0.5) is 19.1 Å². The normalized spacial score (nSPS) is 16.6. The summed E-state index contributed by atoms with van der Waals surface area (Å²) < 4.78 is 43.1. The molecule has 0 aromatic carbocycles. The Morgan fingerprint density at radius 1 is 1.21 bits per heavy atom. The van der Waals surface area contributed by atoms with Crippen LogP contribution in [0.15, 0.2) is 54.0 Å². The molecule has 176 valence electrons.